The molecule has 0 radical (unpaired) electrons. The summed E-state index contributed by atoms with van der Waals surface area (Å²) in [6.45, 7) is 5.78. The van der Waals surface area contributed by atoms with E-state index in [1.807, 2.05) is 20.8 Å². The van der Waals surface area contributed by atoms with E-state index in [2.05, 4.69) is 0 Å². The fourth-order valence-electron chi connectivity index (χ4n) is 1.37. The Labute approximate surface area is 83.0 Å². The van der Waals surface area contributed by atoms with Crippen molar-refractivity contribution in [2.24, 2.45) is 0 Å². The number of aliphatic carboxylic acids is 1. The molecule has 1 aromatic carbocycles. The number of carboxylic acid groups (broad SMARTS) is 1. The van der Waals surface area contributed by atoms with Crippen molar-refractivity contribution in [2.45, 2.75) is 26.9 Å². The predicted octanol–water partition coefficient (Wildman–Crippen LogP) is 1.73. The summed E-state index contributed by atoms with van der Waals surface area (Å²) in [5.41, 5.74) is 3.57. The quantitative estimate of drug-likeness (QED) is 0.753. The zero-order chi connectivity index (χ0) is 10.9. The summed E-state index contributed by atoms with van der Waals surface area (Å²) < 4.78 is 0. The summed E-state index contributed by atoms with van der Waals surface area (Å²) in [4.78, 5) is 10.6. The van der Waals surface area contributed by atoms with Gasteiger partial charge in [-0.1, -0.05) is 12.1 Å². The zero-order valence-corrected chi connectivity index (χ0v) is 8.53. The fourth-order valence-corrected chi connectivity index (χ4v) is 1.37. The third-order valence-electron chi connectivity index (χ3n) is 2.50. The summed E-state index contributed by atoms with van der Waals surface area (Å²) in [7, 11) is 0. The van der Waals surface area contributed by atoms with Crippen LogP contribution in [0.15, 0.2) is 12.1 Å². The monoisotopic (exact) mass is 194 g/mol. The maximum Gasteiger partial charge on any atom is 0.337 e. The molecule has 0 aliphatic rings. The normalized spacial score (nSPS) is 12.6. The minimum Gasteiger partial charge on any atom is -0.479 e. The van der Waals surface area contributed by atoms with Gasteiger partial charge >= 0.3 is 5.97 Å². The number of aryl methyl sites for hydroxylation is 2. The molecule has 76 valence electrons. The second-order valence-corrected chi connectivity index (χ2v) is 3.52. The van der Waals surface area contributed by atoms with Crippen molar-refractivity contribution in [3.8, 4) is 0 Å². The molecule has 0 spiro atoms. The molecule has 0 bridgehead atoms. The molecule has 0 aliphatic heterocycles. The summed E-state index contributed by atoms with van der Waals surface area (Å²) in [5.74, 6) is -1.22. The molecular formula is C11H14O3. The second-order valence-electron chi connectivity index (χ2n) is 3.52. The molecule has 1 atom stereocenters. The first-order chi connectivity index (χ1) is 6.43. The van der Waals surface area contributed by atoms with E-state index in [0.29, 0.717) is 5.56 Å². The van der Waals surface area contributed by atoms with Gasteiger partial charge in [-0.3, -0.25) is 0 Å². The van der Waals surface area contributed by atoms with Crippen LogP contribution in [-0.4, -0.2) is 16.2 Å². The molecular weight excluding hydrogens is 180 g/mol. The first-order valence-corrected chi connectivity index (χ1v) is 4.42. The molecule has 0 fully saturated rings. The first kappa shape index (κ1) is 10.7. The molecule has 2 N–H and O–H groups in total. The topological polar surface area (TPSA) is 57.5 Å². The number of carbonyl (C=O) groups is 1. The molecule has 1 aromatic rings. The van der Waals surface area contributed by atoms with E-state index in [-0.39, 0.29) is 0 Å². The van der Waals surface area contributed by atoms with E-state index in [4.69, 9.17) is 5.11 Å². The van der Waals surface area contributed by atoms with Crippen LogP contribution in [-0.2, 0) is 4.79 Å². The van der Waals surface area contributed by atoms with Crippen LogP contribution in [0.2, 0.25) is 0 Å². The molecule has 1 unspecified atom stereocenters. The Morgan fingerprint density at radius 2 is 1.64 bits per heavy atom. The van der Waals surface area contributed by atoms with Gasteiger partial charge in [-0.05, 0) is 43.0 Å². The summed E-state index contributed by atoms with van der Waals surface area (Å²) >= 11 is 0. The van der Waals surface area contributed by atoms with Crippen molar-refractivity contribution in [3.05, 3.63) is 34.4 Å². The molecule has 0 amide bonds. The maximum absolute atomic E-state index is 10.6. The maximum atomic E-state index is 10.6. The molecule has 1 rings (SSSR count). The minimum absolute atomic E-state index is 0.443. The van der Waals surface area contributed by atoms with Crippen LogP contribution in [0.3, 0.4) is 0 Å². The molecule has 0 heterocycles. The minimum atomic E-state index is -1.42. The van der Waals surface area contributed by atoms with E-state index in [9.17, 15) is 9.90 Å². The van der Waals surface area contributed by atoms with Gasteiger partial charge in [0.15, 0.2) is 6.10 Å². The predicted molar refractivity (Wildman–Crippen MR) is 53.2 cm³/mol. The molecule has 0 aromatic heterocycles. The highest BCUT2D eigenvalue weighted by Gasteiger charge is 2.16. The van der Waals surface area contributed by atoms with Gasteiger partial charge < -0.3 is 10.2 Å². The highest BCUT2D eigenvalue weighted by Crippen LogP contribution is 2.20. The van der Waals surface area contributed by atoms with Crippen LogP contribution in [0.5, 0.6) is 0 Å². The van der Waals surface area contributed by atoms with Crippen LogP contribution in [0.4, 0.5) is 0 Å². The third-order valence-corrected chi connectivity index (χ3v) is 2.50. The lowest BCUT2D eigenvalue weighted by Gasteiger charge is -2.11. The van der Waals surface area contributed by atoms with E-state index in [1.165, 1.54) is 0 Å². The number of carboxylic acids is 1. The molecule has 0 saturated carbocycles. The van der Waals surface area contributed by atoms with E-state index < -0.39 is 12.1 Å². The molecule has 0 saturated heterocycles. The molecule has 3 nitrogen and oxygen atoms in total. The van der Waals surface area contributed by atoms with Crippen LogP contribution in [0.1, 0.15) is 28.4 Å². The highest BCUT2D eigenvalue weighted by molar-refractivity contribution is 5.74. The van der Waals surface area contributed by atoms with Crippen molar-refractivity contribution in [3.63, 3.8) is 0 Å². The van der Waals surface area contributed by atoms with Crippen molar-refractivity contribution < 1.29 is 15.0 Å². The Morgan fingerprint density at radius 3 is 2.00 bits per heavy atom. The first-order valence-electron chi connectivity index (χ1n) is 4.42. The highest BCUT2D eigenvalue weighted by atomic mass is 16.4. The van der Waals surface area contributed by atoms with Crippen LogP contribution in [0.25, 0.3) is 0 Å². The zero-order valence-electron chi connectivity index (χ0n) is 8.53. The van der Waals surface area contributed by atoms with Gasteiger partial charge in [0, 0.05) is 0 Å². The Hall–Kier alpha value is -1.35. The van der Waals surface area contributed by atoms with Crippen molar-refractivity contribution in [2.75, 3.05) is 0 Å². The van der Waals surface area contributed by atoms with Crippen LogP contribution < -0.4 is 0 Å². The lowest BCUT2D eigenvalue weighted by Crippen LogP contribution is -2.11. The van der Waals surface area contributed by atoms with Gasteiger partial charge in [0.05, 0.1) is 0 Å². The average molecular weight is 194 g/mol. The average Bonchev–Trinajstić information content (AvgIpc) is 2.12. The molecule has 0 aliphatic carbocycles. The van der Waals surface area contributed by atoms with Gasteiger partial charge in [0.25, 0.3) is 0 Å². The number of rotatable bonds is 2. The number of hydrogen-bond acceptors (Lipinski definition) is 2. The number of aliphatic hydroxyl groups excluding tert-OH is 1. The van der Waals surface area contributed by atoms with Gasteiger partial charge in [0.2, 0.25) is 0 Å². The van der Waals surface area contributed by atoms with Gasteiger partial charge in [-0.25, -0.2) is 4.79 Å². The lowest BCUT2D eigenvalue weighted by molar-refractivity contribution is -0.146. The van der Waals surface area contributed by atoms with Gasteiger partial charge in [-0.15, -0.1) is 0 Å². The van der Waals surface area contributed by atoms with Crippen molar-refractivity contribution in [1.82, 2.24) is 0 Å². The second kappa shape index (κ2) is 3.80. The lowest BCUT2D eigenvalue weighted by atomic mass is 9.98. The Balaban J connectivity index is 3.19. The largest absolute Gasteiger partial charge is 0.479 e. The van der Waals surface area contributed by atoms with E-state index in [0.717, 1.165) is 16.7 Å². The van der Waals surface area contributed by atoms with E-state index >= 15 is 0 Å². The summed E-state index contributed by atoms with van der Waals surface area (Å²) in [6.07, 6.45) is -1.42. The molecule has 3 heteroatoms. The van der Waals surface area contributed by atoms with Gasteiger partial charge in [-0.2, -0.15) is 0 Å². The number of hydrogen-bond donors (Lipinski definition) is 2. The summed E-state index contributed by atoms with van der Waals surface area (Å²) in [6, 6.07) is 3.42. The van der Waals surface area contributed by atoms with Crippen molar-refractivity contribution >= 4 is 5.97 Å². The SMILES string of the molecule is Cc1cc(C(O)C(=O)O)cc(C)c1C. The molecule has 14 heavy (non-hydrogen) atoms. The fraction of sp³-hybridized carbons (Fsp3) is 0.364. The standard InChI is InChI=1S/C11H14O3/c1-6-4-9(10(12)11(13)14)5-7(2)8(6)3/h4-5,10,12H,1-3H3,(H,13,14). The van der Waals surface area contributed by atoms with Crippen molar-refractivity contribution in [1.29, 1.82) is 0 Å². The van der Waals surface area contributed by atoms with Crippen LogP contribution in [0, 0.1) is 20.8 Å². The van der Waals surface area contributed by atoms with E-state index in [1.54, 1.807) is 12.1 Å². The number of aliphatic hydroxyl groups is 1. The van der Waals surface area contributed by atoms with Crippen LogP contribution >= 0.6 is 0 Å². The Morgan fingerprint density at radius 1 is 1.21 bits per heavy atom. The Bertz CT molecular complexity index is 346. The third kappa shape index (κ3) is 1.93. The smallest absolute Gasteiger partial charge is 0.337 e. The Kier molecular flexibility index (Phi) is 2.91. The number of benzene rings is 1. The van der Waals surface area contributed by atoms with Gasteiger partial charge in [0.1, 0.15) is 0 Å². The summed E-state index contributed by atoms with van der Waals surface area (Å²) in [5, 5.41) is 18.0.